The summed E-state index contributed by atoms with van der Waals surface area (Å²) in [6, 6.07) is 8.58. The number of nitrogens with one attached hydrogen (secondary N) is 1. The van der Waals surface area contributed by atoms with Crippen molar-refractivity contribution in [3.05, 3.63) is 48.2 Å². The Labute approximate surface area is 114 Å². The third-order valence-electron chi connectivity index (χ3n) is 4.17. The maximum Gasteiger partial charge on any atom is 0.0797 e. The maximum atomic E-state index is 3.36. The lowest BCUT2D eigenvalue weighted by Gasteiger charge is -2.15. The van der Waals surface area contributed by atoms with E-state index in [-0.39, 0.29) is 0 Å². The Balaban J connectivity index is 1.48. The molecule has 0 saturated heterocycles. The van der Waals surface area contributed by atoms with Crippen LogP contribution in [0.25, 0.3) is 10.9 Å². The van der Waals surface area contributed by atoms with Gasteiger partial charge < -0.3 is 10.3 Å². The molecule has 0 unspecified atom stereocenters. The summed E-state index contributed by atoms with van der Waals surface area (Å²) in [5.41, 5.74) is 2.71. The van der Waals surface area contributed by atoms with Crippen molar-refractivity contribution in [1.82, 2.24) is 4.98 Å². The summed E-state index contributed by atoms with van der Waals surface area (Å²) < 4.78 is 0. The number of hydrogen-bond donors (Lipinski definition) is 2. The topological polar surface area (TPSA) is 32.4 Å². The summed E-state index contributed by atoms with van der Waals surface area (Å²) in [5.74, 6) is 0.896. The molecule has 2 heteroatoms. The summed E-state index contributed by atoms with van der Waals surface area (Å²) in [4.78, 5) is 3.36. The molecule has 1 aromatic heterocycles. The van der Waals surface area contributed by atoms with E-state index in [1.807, 2.05) is 0 Å². The molecule has 2 aromatic rings. The van der Waals surface area contributed by atoms with Crippen molar-refractivity contribution < 1.29 is 5.32 Å². The van der Waals surface area contributed by atoms with Crippen LogP contribution in [-0.2, 0) is 6.42 Å². The second kappa shape index (κ2) is 6.07. The molecule has 0 fully saturated rings. The first-order valence-electron chi connectivity index (χ1n) is 7.45. The average molecular weight is 255 g/mol. The van der Waals surface area contributed by atoms with Gasteiger partial charge in [-0.05, 0) is 30.9 Å². The van der Waals surface area contributed by atoms with Gasteiger partial charge in [0.15, 0.2) is 0 Å². The highest BCUT2D eigenvalue weighted by atomic mass is 14.9. The van der Waals surface area contributed by atoms with E-state index in [2.05, 4.69) is 52.9 Å². The van der Waals surface area contributed by atoms with Crippen LogP contribution < -0.4 is 5.32 Å². The van der Waals surface area contributed by atoms with Crippen LogP contribution in [0.5, 0.6) is 0 Å². The first-order chi connectivity index (χ1) is 9.43. The number of nitrogens with two attached hydrogens (primary N) is 1. The van der Waals surface area contributed by atoms with Crippen molar-refractivity contribution in [2.45, 2.75) is 25.7 Å². The van der Waals surface area contributed by atoms with E-state index >= 15 is 0 Å². The fourth-order valence-electron chi connectivity index (χ4n) is 3.02. The number of hydrogen-bond acceptors (Lipinski definition) is 0. The third-order valence-corrected chi connectivity index (χ3v) is 4.17. The first kappa shape index (κ1) is 12.5. The molecule has 3 N–H and O–H groups in total. The van der Waals surface area contributed by atoms with Gasteiger partial charge in [0, 0.05) is 29.4 Å². The van der Waals surface area contributed by atoms with Crippen molar-refractivity contribution in [1.29, 1.82) is 0 Å². The normalized spacial score (nSPS) is 19.1. The Kier molecular flexibility index (Phi) is 3.99. The highest BCUT2D eigenvalue weighted by Gasteiger charge is 2.11. The fourth-order valence-corrected chi connectivity index (χ4v) is 3.02. The number of para-hydroxylation sites is 1. The molecule has 1 aliphatic rings. The largest absolute Gasteiger partial charge is 0.361 e. The monoisotopic (exact) mass is 255 g/mol. The smallest absolute Gasteiger partial charge is 0.0797 e. The quantitative estimate of drug-likeness (QED) is 0.608. The Hall–Kier alpha value is -1.54. The van der Waals surface area contributed by atoms with Gasteiger partial charge in [-0.1, -0.05) is 30.4 Å². The number of fused-ring (bicyclic) bond motifs is 1. The zero-order valence-corrected chi connectivity index (χ0v) is 11.4. The molecule has 0 spiro atoms. The molecular weight excluding hydrogens is 232 g/mol. The molecule has 1 atom stereocenters. The molecule has 0 aliphatic heterocycles. The zero-order valence-electron chi connectivity index (χ0n) is 11.4. The predicted molar refractivity (Wildman–Crippen MR) is 80.1 cm³/mol. The molecule has 0 amide bonds. The summed E-state index contributed by atoms with van der Waals surface area (Å²) in [6.07, 6.45) is 11.9. The lowest BCUT2D eigenvalue weighted by molar-refractivity contribution is -0.660. The maximum absolute atomic E-state index is 3.36. The van der Waals surface area contributed by atoms with Crippen LogP contribution in [0.2, 0.25) is 0 Å². The fraction of sp³-hybridized carbons (Fsp3) is 0.412. The number of quaternary nitrogens is 1. The van der Waals surface area contributed by atoms with Gasteiger partial charge in [0.25, 0.3) is 0 Å². The Bertz CT molecular complexity index is 553. The molecule has 2 nitrogen and oxygen atoms in total. The summed E-state index contributed by atoms with van der Waals surface area (Å²) >= 11 is 0. The van der Waals surface area contributed by atoms with Gasteiger partial charge in [0.1, 0.15) is 0 Å². The number of aromatic amines is 1. The predicted octanol–water partition coefficient (Wildman–Crippen LogP) is 2.63. The standard InChI is InChI=1S/C17H22N2/c1-2-6-14(7-3-1)12-18-11-10-15-13-19-17-9-5-4-8-16(15)17/h1-2,4-5,8-9,13-14,18-19H,3,6-7,10-12H2/p+1/t14-/m1/s1. The molecule has 0 bridgehead atoms. The minimum Gasteiger partial charge on any atom is -0.361 e. The van der Waals surface area contributed by atoms with E-state index in [1.54, 1.807) is 0 Å². The summed E-state index contributed by atoms with van der Waals surface area (Å²) in [6.45, 7) is 2.48. The third kappa shape index (κ3) is 3.07. The van der Waals surface area contributed by atoms with Gasteiger partial charge in [0.2, 0.25) is 0 Å². The Morgan fingerprint density at radius 3 is 3.05 bits per heavy atom. The molecule has 3 rings (SSSR count). The van der Waals surface area contributed by atoms with Crippen molar-refractivity contribution in [2.24, 2.45) is 5.92 Å². The van der Waals surface area contributed by atoms with Crippen molar-refractivity contribution in [3.8, 4) is 0 Å². The van der Waals surface area contributed by atoms with Gasteiger partial charge in [-0.25, -0.2) is 0 Å². The Morgan fingerprint density at radius 2 is 2.16 bits per heavy atom. The van der Waals surface area contributed by atoms with Gasteiger partial charge in [-0.3, -0.25) is 0 Å². The average Bonchev–Trinajstić information content (AvgIpc) is 2.88. The van der Waals surface area contributed by atoms with Crippen LogP contribution in [0.3, 0.4) is 0 Å². The second-order valence-electron chi connectivity index (χ2n) is 5.57. The second-order valence-corrected chi connectivity index (χ2v) is 5.57. The SMILES string of the molecule is C1=CC[C@@H](C[NH2+]CCc2c[nH]c3ccccc23)CC1. The van der Waals surface area contributed by atoms with Crippen molar-refractivity contribution in [2.75, 3.05) is 13.1 Å². The van der Waals surface area contributed by atoms with Gasteiger partial charge in [-0.15, -0.1) is 0 Å². The van der Waals surface area contributed by atoms with Crippen LogP contribution in [0.4, 0.5) is 0 Å². The molecule has 100 valence electrons. The van der Waals surface area contributed by atoms with Crippen LogP contribution in [-0.4, -0.2) is 18.1 Å². The highest BCUT2D eigenvalue weighted by Crippen LogP contribution is 2.18. The van der Waals surface area contributed by atoms with E-state index in [0.29, 0.717) is 0 Å². The number of H-pyrrole nitrogens is 1. The minimum atomic E-state index is 0.896. The molecule has 1 aromatic carbocycles. The van der Waals surface area contributed by atoms with Crippen LogP contribution in [0.15, 0.2) is 42.6 Å². The molecule has 1 aliphatic carbocycles. The van der Waals surface area contributed by atoms with Crippen molar-refractivity contribution >= 4 is 10.9 Å². The van der Waals surface area contributed by atoms with E-state index < -0.39 is 0 Å². The highest BCUT2D eigenvalue weighted by molar-refractivity contribution is 5.82. The minimum absolute atomic E-state index is 0.896. The Morgan fingerprint density at radius 1 is 1.21 bits per heavy atom. The van der Waals surface area contributed by atoms with E-state index in [0.717, 1.165) is 12.3 Å². The van der Waals surface area contributed by atoms with Crippen LogP contribution >= 0.6 is 0 Å². The molecule has 0 saturated carbocycles. The molecule has 19 heavy (non-hydrogen) atoms. The number of rotatable bonds is 5. The van der Waals surface area contributed by atoms with E-state index in [9.17, 15) is 0 Å². The number of allylic oxidation sites excluding steroid dienone is 2. The first-order valence-corrected chi connectivity index (χ1v) is 7.45. The zero-order chi connectivity index (χ0) is 12.9. The van der Waals surface area contributed by atoms with Crippen LogP contribution in [0, 0.1) is 5.92 Å². The lowest BCUT2D eigenvalue weighted by Crippen LogP contribution is -2.86. The van der Waals surface area contributed by atoms with E-state index in [1.165, 1.54) is 48.8 Å². The van der Waals surface area contributed by atoms with Crippen LogP contribution in [0.1, 0.15) is 24.8 Å². The number of benzene rings is 1. The van der Waals surface area contributed by atoms with Crippen molar-refractivity contribution in [3.63, 3.8) is 0 Å². The van der Waals surface area contributed by atoms with E-state index in [4.69, 9.17) is 0 Å². The number of aromatic nitrogens is 1. The molecular formula is C17H23N2+. The summed E-state index contributed by atoms with van der Waals surface area (Å²) in [7, 11) is 0. The lowest BCUT2D eigenvalue weighted by atomic mass is 9.94. The molecule has 0 radical (unpaired) electrons. The van der Waals surface area contributed by atoms with Gasteiger partial charge in [-0.2, -0.15) is 0 Å². The molecule has 1 heterocycles. The summed E-state index contributed by atoms with van der Waals surface area (Å²) in [5, 5.41) is 3.88. The van der Waals surface area contributed by atoms with Gasteiger partial charge >= 0.3 is 0 Å². The van der Waals surface area contributed by atoms with Gasteiger partial charge in [0.05, 0.1) is 13.1 Å².